The lowest BCUT2D eigenvalue weighted by molar-refractivity contribution is -0.131. The number of sulfonamides is 1. The largest absolute Gasteiger partial charge is 0.459 e. The van der Waals surface area contributed by atoms with E-state index in [1.54, 1.807) is 16.3 Å². The molecule has 1 fully saturated rings. The van der Waals surface area contributed by atoms with Crippen molar-refractivity contribution in [2.75, 3.05) is 31.5 Å². The third kappa shape index (κ3) is 4.71. The average molecular weight is 479 g/mol. The number of amides is 2. The van der Waals surface area contributed by atoms with Crippen LogP contribution < -0.4 is 5.32 Å². The molecule has 12 heteroatoms. The Morgan fingerprint density at radius 3 is 2.56 bits per heavy atom. The predicted octanol–water partition coefficient (Wildman–Crippen LogP) is 2.20. The van der Waals surface area contributed by atoms with E-state index in [2.05, 4.69) is 10.3 Å². The summed E-state index contributed by atoms with van der Waals surface area (Å²) in [6.45, 7) is 0.533. The number of hydrogen-bond acceptors (Lipinski definition) is 7. The van der Waals surface area contributed by atoms with Crippen LogP contribution in [-0.4, -0.2) is 60.6 Å². The summed E-state index contributed by atoms with van der Waals surface area (Å²) >= 11 is 1.19. The van der Waals surface area contributed by atoms with Gasteiger partial charge in [-0.05, 0) is 24.3 Å². The van der Waals surface area contributed by atoms with Crippen LogP contribution >= 0.6 is 11.3 Å². The first kappa shape index (κ1) is 22.1. The van der Waals surface area contributed by atoms with Crippen LogP contribution in [0.2, 0.25) is 0 Å². The first-order chi connectivity index (χ1) is 15.3. The van der Waals surface area contributed by atoms with Gasteiger partial charge in [0.2, 0.25) is 15.9 Å². The number of hydrogen-bond donors (Lipinski definition) is 1. The molecule has 1 aromatic carbocycles. The molecule has 0 spiro atoms. The Morgan fingerprint density at radius 1 is 1.12 bits per heavy atom. The molecule has 0 bridgehead atoms. The molecule has 0 saturated carbocycles. The Labute approximate surface area is 187 Å². The van der Waals surface area contributed by atoms with Crippen molar-refractivity contribution in [1.82, 2.24) is 14.2 Å². The number of nitrogens with zero attached hydrogens (tertiary/aromatic N) is 3. The summed E-state index contributed by atoms with van der Waals surface area (Å²) in [5.74, 6) is -1.29. The van der Waals surface area contributed by atoms with Crippen LogP contribution in [0.25, 0.3) is 0 Å². The molecule has 32 heavy (non-hydrogen) atoms. The molecule has 2 aromatic heterocycles. The number of piperazine rings is 1. The van der Waals surface area contributed by atoms with Crippen molar-refractivity contribution in [3.63, 3.8) is 0 Å². The fraction of sp³-hybridized carbons (Fsp3) is 0.250. The maximum Gasteiger partial charge on any atom is 0.293 e. The third-order valence-corrected chi connectivity index (χ3v) is 7.63. The van der Waals surface area contributed by atoms with Crippen LogP contribution in [0.4, 0.5) is 9.52 Å². The van der Waals surface area contributed by atoms with Crippen LogP contribution in [0.1, 0.15) is 16.2 Å². The predicted molar refractivity (Wildman–Crippen MR) is 114 cm³/mol. The molecule has 3 heterocycles. The quantitative estimate of drug-likeness (QED) is 0.581. The number of carbonyl (C=O) groups excluding carboxylic acids is 2. The van der Waals surface area contributed by atoms with Crippen LogP contribution in [0.3, 0.4) is 0 Å². The minimum absolute atomic E-state index is 0.0210. The Morgan fingerprint density at radius 2 is 1.88 bits per heavy atom. The summed E-state index contributed by atoms with van der Waals surface area (Å²) in [4.78, 5) is 30.1. The van der Waals surface area contributed by atoms with E-state index >= 15 is 0 Å². The lowest BCUT2D eigenvalue weighted by atomic mass is 10.2. The standard InChI is InChI=1S/C20H19FN4O5S2/c21-15-4-1-2-6-17(15)32(28,29)25-9-7-24(8-10-25)18(26)12-14-13-31-20(22-14)23-19(27)16-5-3-11-30-16/h1-6,11,13H,7-10,12H2,(H,22,23,27). The molecular formula is C20H19FN4O5S2. The number of aromatic nitrogens is 1. The molecule has 9 nitrogen and oxygen atoms in total. The van der Waals surface area contributed by atoms with E-state index in [1.807, 2.05) is 0 Å². The number of thiazole rings is 1. The van der Waals surface area contributed by atoms with Crippen molar-refractivity contribution in [2.45, 2.75) is 11.3 Å². The summed E-state index contributed by atoms with van der Waals surface area (Å²) in [5.41, 5.74) is 0.496. The molecule has 0 aliphatic carbocycles. The van der Waals surface area contributed by atoms with Crippen molar-refractivity contribution in [3.05, 3.63) is 65.3 Å². The molecule has 0 atom stereocenters. The van der Waals surface area contributed by atoms with Gasteiger partial charge in [0.05, 0.1) is 18.4 Å². The van der Waals surface area contributed by atoms with Crippen molar-refractivity contribution >= 4 is 38.3 Å². The molecule has 3 aromatic rings. The normalized spacial score (nSPS) is 15.0. The first-order valence-corrected chi connectivity index (χ1v) is 12.0. The van der Waals surface area contributed by atoms with E-state index in [0.717, 1.165) is 6.07 Å². The number of benzene rings is 1. The van der Waals surface area contributed by atoms with Gasteiger partial charge in [-0.1, -0.05) is 12.1 Å². The molecule has 2 amide bonds. The highest BCUT2D eigenvalue weighted by Gasteiger charge is 2.31. The van der Waals surface area contributed by atoms with Gasteiger partial charge in [0.15, 0.2) is 10.9 Å². The zero-order valence-electron chi connectivity index (χ0n) is 16.7. The molecule has 1 aliphatic rings. The minimum Gasteiger partial charge on any atom is -0.459 e. The number of nitrogens with one attached hydrogen (secondary N) is 1. The zero-order valence-corrected chi connectivity index (χ0v) is 18.4. The van der Waals surface area contributed by atoms with Gasteiger partial charge in [-0.25, -0.2) is 17.8 Å². The Hall–Kier alpha value is -3.09. The summed E-state index contributed by atoms with van der Waals surface area (Å²) < 4.78 is 45.5. The van der Waals surface area contributed by atoms with Crippen LogP contribution in [-0.2, 0) is 21.2 Å². The lowest BCUT2D eigenvalue weighted by Crippen LogP contribution is -2.51. The van der Waals surface area contributed by atoms with Crippen molar-refractivity contribution in [1.29, 1.82) is 0 Å². The van der Waals surface area contributed by atoms with Crippen molar-refractivity contribution in [2.24, 2.45) is 0 Å². The van der Waals surface area contributed by atoms with E-state index in [4.69, 9.17) is 4.42 Å². The summed E-state index contributed by atoms with van der Waals surface area (Å²) in [7, 11) is -3.97. The molecular weight excluding hydrogens is 459 g/mol. The number of halogens is 1. The van der Waals surface area contributed by atoms with Gasteiger partial charge in [-0.15, -0.1) is 11.3 Å². The fourth-order valence-corrected chi connectivity index (χ4v) is 5.44. The van der Waals surface area contributed by atoms with Crippen LogP contribution in [0, 0.1) is 5.82 Å². The maximum absolute atomic E-state index is 13.9. The van der Waals surface area contributed by atoms with Gasteiger partial charge in [0.1, 0.15) is 10.7 Å². The van der Waals surface area contributed by atoms with Gasteiger partial charge in [-0.2, -0.15) is 4.31 Å². The lowest BCUT2D eigenvalue weighted by Gasteiger charge is -2.34. The van der Waals surface area contributed by atoms with Gasteiger partial charge in [0.25, 0.3) is 5.91 Å². The highest BCUT2D eigenvalue weighted by molar-refractivity contribution is 7.89. The van der Waals surface area contributed by atoms with Gasteiger partial charge in [0, 0.05) is 31.6 Å². The van der Waals surface area contributed by atoms with Crippen molar-refractivity contribution < 1.29 is 26.8 Å². The van der Waals surface area contributed by atoms with E-state index < -0.39 is 21.7 Å². The van der Waals surface area contributed by atoms with Gasteiger partial charge >= 0.3 is 0 Å². The van der Waals surface area contributed by atoms with Crippen LogP contribution in [0.15, 0.2) is 57.4 Å². The summed E-state index contributed by atoms with van der Waals surface area (Å²) in [5, 5.41) is 4.62. The second-order valence-corrected chi connectivity index (χ2v) is 9.73. The molecule has 1 N–H and O–H groups in total. The molecule has 1 aliphatic heterocycles. The Balaban J connectivity index is 1.32. The number of rotatable bonds is 6. The van der Waals surface area contributed by atoms with Crippen molar-refractivity contribution in [3.8, 4) is 0 Å². The first-order valence-electron chi connectivity index (χ1n) is 9.66. The van der Waals surface area contributed by atoms with E-state index in [-0.39, 0.29) is 49.2 Å². The number of furan rings is 1. The Bertz CT molecular complexity index is 1220. The average Bonchev–Trinajstić information content (AvgIpc) is 3.46. The second kappa shape index (κ2) is 9.18. The highest BCUT2D eigenvalue weighted by atomic mass is 32.2. The topological polar surface area (TPSA) is 113 Å². The monoisotopic (exact) mass is 478 g/mol. The number of anilines is 1. The molecule has 0 unspecified atom stereocenters. The van der Waals surface area contributed by atoms with Gasteiger partial charge in [-0.3, -0.25) is 14.9 Å². The fourth-order valence-electron chi connectivity index (χ4n) is 3.25. The molecule has 0 radical (unpaired) electrons. The van der Waals surface area contributed by atoms with Crippen LogP contribution in [0.5, 0.6) is 0 Å². The third-order valence-electron chi connectivity index (χ3n) is 4.90. The minimum atomic E-state index is -3.97. The summed E-state index contributed by atoms with van der Waals surface area (Å²) in [6.07, 6.45) is 1.41. The SMILES string of the molecule is O=C(Nc1nc(CC(=O)N2CCN(S(=O)(=O)c3ccccc3F)CC2)cs1)c1ccco1. The van der Waals surface area contributed by atoms with E-state index in [1.165, 1.54) is 46.2 Å². The highest BCUT2D eigenvalue weighted by Crippen LogP contribution is 2.21. The second-order valence-electron chi connectivity index (χ2n) is 6.97. The smallest absolute Gasteiger partial charge is 0.293 e. The molecule has 1 saturated heterocycles. The van der Waals surface area contributed by atoms with Gasteiger partial charge < -0.3 is 9.32 Å². The van der Waals surface area contributed by atoms with E-state index in [9.17, 15) is 22.4 Å². The maximum atomic E-state index is 13.9. The molecule has 4 rings (SSSR count). The summed E-state index contributed by atoms with van der Waals surface area (Å²) in [6, 6.07) is 8.35. The number of carbonyl (C=O) groups is 2. The molecule has 168 valence electrons. The van der Waals surface area contributed by atoms with E-state index in [0.29, 0.717) is 10.8 Å². The Kier molecular flexibility index (Phi) is 6.35. The zero-order chi connectivity index (χ0) is 22.7.